The molecule has 122 valence electrons. The van der Waals surface area contributed by atoms with Crippen LogP contribution < -0.4 is 10.0 Å². The standard InChI is InChI=1S/C15H28N2O3S/c1-6-15(7-2,8-3)17-21(18,19)14-10-9-13(20-14)11-16-12(4)5/h9-10,12,16-17H,6-8,11H2,1-5H3. The summed E-state index contributed by atoms with van der Waals surface area (Å²) in [6, 6.07) is 3.54. The SMILES string of the molecule is CCC(CC)(CC)NS(=O)(=O)c1ccc(CNC(C)C)o1. The molecule has 0 aliphatic heterocycles. The molecule has 0 aliphatic rings. The first-order valence-corrected chi connectivity index (χ1v) is 9.13. The molecule has 0 spiro atoms. The Labute approximate surface area is 128 Å². The molecule has 0 bridgehead atoms. The molecule has 6 heteroatoms. The number of nitrogens with one attached hydrogen (secondary N) is 2. The molecule has 0 radical (unpaired) electrons. The van der Waals surface area contributed by atoms with Gasteiger partial charge < -0.3 is 9.73 Å². The van der Waals surface area contributed by atoms with E-state index in [0.29, 0.717) is 18.3 Å². The number of rotatable bonds is 9. The van der Waals surface area contributed by atoms with Crippen LogP contribution in [0.4, 0.5) is 0 Å². The Morgan fingerprint density at radius 2 is 1.71 bits per heavy atom. The predicted molar refractivity (Wildman–Crippen MR) is 84.6 cm³/mol. The number of hydrogen-bond donors (Lipinski definition) is 2. The fourth-order valence-electron chi connectivity index (χ4n) is 2.20. The maximum absolute atomic E-state index is 12.5. The number of furan rings is 1. The smallest absolute Gasteiger partial charge is 0.274 e. The quantitative estimate of drug-likeness (QED) is 0.734. The molecule has 1 aromatic heterocycles. The Kier molecular flexibility index (Phi) is 6.43. The van der Waals surface area contributed by atoms with Gasteiger partial charge in [-0.05, 0) is 31.4 Å². The topological polar surface area (TPSA) is 71.3 Å². The second-order valence-electron chi connectivity index (χ2n) is 5.70. The van der Waals surface area contributed by atoms with Crippen molar-refractivity contribution >= 4 is 10.0 Å². The van der Waals surface area contributed by atoms with Crippen LogP contribution in [0, 0.1) is 0 Å². The van der Waals surface area contributed by atoms with Crippen molar-refractivity contribution in [1.82, 2.24) is 10.0 Å². The van der Waals surface area contributed by atoms with Gasteiger partial charge in [0.1, 0.15) is 5.76 Å². The fourth-order valence-corrected chi connectivity index (χ4v) is 3.77. The van der Waals surface area contributed by atoms with Crippen molar-refractivity contribution in [3.63, 3.8) is 0 Å². The third kappa shape index (κ3) is 4.83. The maximum Gasteiger partial charge on any atom is 0.274 e. The third-order valence-electron chi connectivity index (χ3n) is 3.97. The van der Waals surface area contributed by atoms with E-state index in [0.717, 1.165) is 19.3 Å². The second-order valence-corrected chi connectivity index (χ2v) is 7.32. The molecule has 1 rings (SSSR count). The molecule has 1 aromatic rings. The highest BCUT2D eigenvalue weighted by molar-refractivity contribution is 7.89. The Hall–Kier alpha value is -0.850. The van der Waals surface area contributed by atoms with Gasteiger partial charge in [-0.1, -0.05) is 34.6 Å². The molecular formula is C15H28N2O3S. The van der Waals surface area contributed by atoms with Gasteiger partial charge in [-0.15, -0.1) is 0 Å². The van der Waals surface area contributed by atoms with E-state index in [-0.39, 0.29) is 5.09 Å². The van der Waals surface area contributed by atoms with Crippen LogP contribution in [0.2, 0.25) is 0 Å². The van der Waals surface area contributed by atoms with E-state index in [4.69, 9.17) is 4.42 Å². The summed E-state index contributed by atoms with van der Waals surface area (Å²) in [6.45, 7) is 10.6. The van der Waals surface area contributed by atoms with Gasteiger partial charge in [0.25, 0.3) is 10.0 Å². The van der Waals surface area contributed by atoms with Crippen LogP contribution in [0.3, 0.4) is 0 Å². The Balaban J connectivity index is 2.88. The molecule has 5 nitrogen and oxygen atoms in total. The minimum atomic E-state index is -3.62. The van der Waals surface area contributed by atoms with Crippen molar-refractivity contribution < 1.29 is 12.8 Å². The zero-order chi connectivity index (χ0) is 16.1. The molecular weight excluding hydrogens is 288 g/mol. The van der Waals surface area contributed by atoms with Gasteiger partial charge in [0.05, 0.1) is 6.54 Å². The molecule has 0 amide bonds. The Morgan fingerprint density at radius 1 is 1.14 bits per heavy atom. The lowest BCUT2D eigenvalue weighted by molar-refractivity contribution is 0.332. The van der Waals surface area contributed by atoms with Crippen molar-refractivity contribution in [1.29, 1.82) is 0 Å². The molecule has 0 fully saturated rings. The molecule has 0 aromatic carbocycles. The average Bonchev–Trinajstić information content (AvgIpc) is 2.92. The van der Waals surface area contributed by atoms with Crippen LogP contribution in [0.5, 0.6) is 0 Å². The third-order valence-corrected chi connectivity index (χ3v) is 5.42. The average molecular weight is 316 g/mol. The molecule has 0 atom stereocenters. The summed E-state index contributed by atoms with van der Waals surface area (Å²) in [5.41, 5.74) is -0.401. The molecule has 2 N–H and O–H groups in total. The maximum atomic E-state index is 12.5. The van der Waals surface area contributed by atoms with Crippen LogP contribution in [-0.2, 0) is 16.6 Å². The highest BCUT2D eigenvalue weighted by Gasteiger charge is 2.32. The first-order valence-electron chi connectivity index (χ1n) is 7.64. The monoisotopic (exact) mass is 316 g/mol. The van der Waals surface area contributed by atoms with E-state index in [2.05, 4.69) is 10.0 Å². The van der Waals surface area contributed by atoms with Crippen LogP contribution in [0.15, 0.2) is 21.6 Å². The first kappa shape index (κ1) is 18.2. The normalized spacial score (nSPS) is 13.0. The van der Waals surface area contributed by atoms with Gasteiger partial charge in [0.15, 0.2) is 0 Å². The predicted octanol–water partition coefficient (Wildman–Crippen LogP) is 3.02. The summed E-state index contributed by atoms with van der Waals surface area (Å²) in [7, 11) is -3.62. The molecule has 0 unspecified atom stereocenters. The van der Waals surface area contributed by atoms with E-state index >= 15 is 0 Å². The lowest BCUT2D eigenvalue weighted by atomic mass is 9.91. The van der Waals surface area contributed by atoms with E-state index in [1.54, 1.807) is 6.07 Å². The largest absolute Gasteiger partial charge is 0.447 e. The van der Waals surface area contributed by atoms with Crippen molar-refractivity contribution in [3.05, 3.63) is 17.9 Å². The molecule has 0 saturated carbocycles. The molecule has 1 heterocycles. The summed E-state index contributed by atoms with van der Waals surface area (Å²) >= 11 is 0. The lowest BCUT2D eigenvalue weighted by Gasteiger charge is -2.30. The van der Waals surface area contributed by atoms with Crippen molar-refractivity contribution in [3.8, 4) is 0 Å². The summed E-state index contributed by atoms with van der Waals surface area (Å²) in [4.78, 5) is 0. The zero-order valence-electron chi connectivity index (χ0n) is 13.7. The van der Waals surface area contributed by atoms with Gasteiger partial charge in [-0.2, -0.15) is 0 Å². The molecule has 21 heavy (non-hydrogen) atoms. The van der Waals surface area contributed by atoms with Gasteiger partial charge in [-0.3, -0.25) is 0 Å². The van der Waals surface area contributed by atoms with Crippen molar-refractivity contribution in [2.24, 2.45) is 0 Å². The molecule has 0 saturated heterocycles. The van der Waals surface area contributed by atoms with Gasteiger partial charge in [-0.25, -0.2) is 13.1 Å². The van der Waals surface area contributed by atoms with Gasteiger partial charge in [0, 0.05) is 11.6 Å². The van der Waals surface area contributed by atoms with E-state index in [1.807, 2.05) is 34.6 Å². The second kappa shape index (κ2) is 7.42. The van der Waals surface area contributed by atoms with Crippen LogP contribution in [0.25, 0.3) is 0 Å². The number of sulfonamides is 1. The van der Waals surface area contributed by atoms with Crippen molar-refractivity contribution in [2.45, 2.75) is 77.1 Å². The van der Waals surface area contributed by atoms with Crippen LogP contribution in [-0.4, -0.2) is 20.0 Å². The minimum Gasteiger partial charge on any atom is -0.447 e. The Morgan fingerprint density at radius 3 is 2.19 bits per heavy atom. The van der Waals surface area contributed by atoms with Gasteiger partial charge >= 0.3 is 0 Å². The summed E-state index contributed by atoms with van der Waals surface area (Å²) in [5.74, 6) is 0.624. The first-order chi connectivity index (χ1) is 9.78. The number of hydrogen-bond acceptors (Lipinski definition) is 4. The van der Waals surface area contributed by atoms with Gasteiger partial charge in [0.2, 0.25) is 5.09 Å². The highest BCUT2D eigenvalue weighted by Crippen LogP contribution is 2.23. The fraction of sp³-hybridized carbons (Fsp3) is 0.733. The van der Waals surface area contributed by atoms with Crippen LogP contribution >= 0.6 is 0 Å². The van der Waals surface area contributed by atoms with E-state index in [1.165, 1.54) is 6.07 Å². The minimum absolute atomic E-state index is 0.0113. The van der Waals surface area contributed by atoms with Crippen molar-refractivity contribution in [2.75, 3.05) is 0 Å². The highest BCUT2D eigenvalue weighted by atomic mass is 32.2. The summed E-state index contributed by atoms with van der Waals surface area (Å²) in [6.07, 6.45) is 2.26. The summed E-state index contributed by atoms with van der Waals surface area (Å²) in [5, 5.41) is 3.19. The van der Waals surface area contributed by atoms with E-state index in [9.17, 15) is 8.42 Å². The Bertz CT molecular complexity index is 523. The lowest BCUT2D eigenvalue weighted by Crippen LogP contribution is -2.46. The summed E-state index contributed by atoms with van der Waals surface area (Å²) < 4.78 is 33.2. The van der Waals surface area contributed by atoms with E-state index < -0.39 is 15.6 Å². The molecule has 0 aliphatic carbocycles. The van der Waals surface area contributed by atoms with Crippen LogP contribution in [0.1, 0.15) is 59.6 Å². The zero-order valence-corrected chi connectivity index (χ0v) is 14.5.